The number of nitro groups is 1. The second-order valence-electron chi connectivity index (χ2n) is 2.45. The Bertz CT molecular complexity index is 425. The molecule has 0 unspecified atom stereocenters. The van der Waals surface area contributed by atoms with Crippen LogP contribution in [0.2, 0.25) is 10.0 Å². The lowest BCUT2D eigenvalue weighted by atomic mass is 10.2. The number of halogens is 3. The molecule has 0 saturated heterocycles. The Hall–Kier alpha value is -1.40. The Morgan fingerprint density at radius 1 is 1.47 bits per heavy atom. The molecule has 1 N–H and O–H groups in total. The third-order valence-corrected chi connectivity index (χ3v) is 2.40. The highest BCUT2D eigenvalue weighted by molar-refractivity contribution is 6.44. The van der Waals surface area contributed by atoms with Crippen LogP contribution in [0, 0.1) is 15.9 Å². The average Bonchev–Trinajstić information content (AvgIpc) is 2.13. The third-order valence-electron chi connectivity index (χ3n) is 1.55. The first-order chi connectivity index (χ1) is 6.86. The number of nitrogens with zero attached hydrogens (tertiary/aromatic N) is 1. The number of rotatable bonds is 2. The van der Waals surface area contributed by atoms with Gasteiger partial charge in [-0.15, -0.1) is 0 Å². The van der Waals surface area contributed by atoms with Gasteiger partial charge < -0.3 is 5.11 Å². The molecule has 1 aromatic carbocycles. The Kier molecular flexibility index (Phi) is 3.11. The molecule has 0 atom stereocenters. The van der Waals surface area contributed by atoms with Crippen LogP contribution >= 0.6 is 23.2 Å². The van der Waals surface area contributed by atoms with Gasteiger partial charge in [-0.2, -0.15) is 4.39 Å². The molecule has 0 saturated carbocycles. The zero-order chi connectivity index (χ0) is 11.7. The maximum Gasteiger partial charge on any atom is 0.337 e. The fraction of sp³-hybridized carbons (Fsp3) is 0. The molecule has 0 fully saturated rings. The van der Waals surface area contributed by atoms with Crippen LogP contribution in [0.3, 0.4) is 0 Å². The second-order valence-corrected chi connectivity index (χ2v) is 3.20. The van der Waals surface area contributed by atoms with Crippen LogP contribution in [0.25, 0.3) is 0 Å². The van der Waals surface area contributed by atoms with E-state index in [2.05, 4.69) is 0 Å². The van der Waals surface area contributed by atoms with Gasteiger partial charge in [-0.3, -0.25) is 10.1 Å². The first kappa shape index (κ1) is 11.7. The molecule has 0 amide bonds. The van der Waals surface area contributed by atoms with Gasteiger partial charge in [0.05, 0.1) is 15.5 Å². The van der Waals surface area contributed by atoms with Crippen LogP contribution in [-0.4, -0.2) is 16.0 Å². The van der Waals surface area contributed by atoms with Gasteiger partial charge in [-0.25, -0.2) is 4.79 Å². The number of nitro benzene ring substituents is 1. The van der Waals surface area contributed by atoms with E-state index in [1.54, 1.807) is 0 Å². The van der Waals surface area contributed by atoms with Crippen LogP contribution in [-0.2, 0) is 0 Å². The quantitative estimate of drug-likeness (QED) is 0.499. The molecular formula is C7H2Cl2FNO4. The topological polar surface area (TPSA) is 80.4 Å². The van der Waals surface area contributed by atoms with E-state index in [0.29, 0.717) is 6.07 Å². The second kappa shape index (κ2) is 4.00. The predicted octanol–water partition coefficient (Wildman–Crippen LogP) is 2.74. The molecule has 15 heavy (non-hydrogen) atoms. The molecule has 0 aliphatic heterocycles. The molecular weight excluding hydrogens is 252 g/mol. The SMILES string of the molecule is O=C(O)c1cc([N+](=O)[O-])c(F)c(Cl)c1Cl. The molecule has 1 rings (SSSR count). The molecule has 0 aliphatic carbocycles. The van der Waals surface area contributed by atoms with Gasteiger partial charge >= 0.3 is 11.7 Å². The number of hydrogen-bond donors (Lipinski definition) is 1. The Balaban J connectivity index is 3.59. The van der Waals surface area contributed by atoms with Gasteiger partial charge in [0.1, 0.15) is 5.02 Å². The lowest BCUT2D eigenvalue weighted by molar-refractivity contribution is -0.387. The van der Waals surface area contributed by atoms with Gasteiger partial charge in [0.15, 0.2) is 0 Å². The first-order valence-electron chi connectivity index (χ1n) is 3.41. The molecule has 0 bridgehead atoms. The molecule has 0 heterocycles. The molecule has 0 radical (unpaired) electrons. The monoisotopic (exact) mass is 253 g/mol. The molecule has 0 aliphatic rings. The number of carbonyl (C=O) groups is 1. The van der Waals surface area contributed by atoms with Crippen molar-refractivity contribution < 1.29 is 19.2 Å². The van der Waals surface area contributed by atoms with Crippen molar-refractivity contribution in [1.29, 1.82) is 0 Å². The minimum Gasteiger partial charge on any atom is -0.478 e. The highest BCUT2D eigenvalue weighted by atomic mass is 35.5. The van der Waals surface area contributed by atoms with Gasteiger partial charge in [0.25, 0.3) is 0 Å². The smallest absolute Gasteiger partial charge is 0.337 e. The van der Waals surface area contributed by atoms with E-state index in [9.17, 15) is 19.3 Å². The number of carboxylic acid groups (broad SMARTS) is 1. The summed E-state index contributed by atoms with van der Waals surface area (Å²) in [7, 11) is 0. The average molecular weight is 254 g/mol. The van der Waals surface area contributed by atoms with E-state index in [1.165, 1.54) is 0 Å². The van der Waals surface area contributed by atoms with Crippen LogP contribution in [0.5, 0.6) is 0 Å². The van der Waals surface area contributed by atoms with Gasteiger partial charge in [-0.1, -0.05) is 23.2 Å². The van der Waals surface area contributed by atoms with E-state index in [-0.39, 0.29) is 0 Å². The Morgan fingerprint density at radius 3 is 2.40 bits per heavy atom. The normalized spacial score (nSPS) is 10.1. The lowest BCUT2D eigenvalue weighted by Gasteiger charge is -2.02. The highest BCUT2D eigenvalue weighted by Gasteiger charge is 2.25. The molecule has 80 valence electrons. The van der Waals surface area contributed by atoms with Crippen molar-refractivity contribution in [3.63, 3.8) is 0 Å². The number of aromatic carboxylic acids is 1. The summed E-state index contributed by atoms with van der Waals surface area (Å²) < 4.78 is 13.1. The van der Waals surface area contributed by atoms with Gasteiger partial charge in [-0.05, 0) is 0 Å². The summed E-state index contributed by atoms with van der Waals surface area (Å²) in [4.78, 5) is 19.8. The van der Waals surface area contributed by atoms with Crippen LogP contribution in [0.1, 0.15) is 10.4 Å². The fourth-order valence-electron chi connectivity index (χ4n) is 0.879. The van der Waals surface area contributed by atoms with E-state index in [4.69, 9.17) is 28.3 Å². The summed E-state index contributed by atoms with van der Waals surface area (Å²) >= 11 is 10.7. The summed E-state index contributed by atoms with van der Waals surface area (Å²) in [5.74, 6) is -2.87. The van der Waals surface area contributed by atoms with Crippen molar-refractivity contribution in [3.8, 4) is 0 Å². The number of benzene rings is 1. The largest absolute Gasteiger partial charge is 0.478 e. The van der Waals surface area contributed by atoms with Crippen molar-refractivity contribution in [2.75, 3.05) is 0 Å². The predicted molar refractivity (Wildman–Crippen MR) is 50.0 cm³/mol. The van der Waals surface area contributed by atoms with Crippen molar-refractivity contribution in [2.45, 2.75) is 0 Å². The maximum absolute atomic E-state index is 13.1. The molecule has 0 spiro atoms. The highest BCUT2D eigenvalue weighted by Crippen LogP contribution is 2.34. The first-order valence-corrected chi connectivity index (χ1v) is 4.17. The Labute approximate surface area is 92.2 Å². The van der Waals surface area contributed by atoms with Crippen LogP contribution in [0.4, 0.5) is 10.1 Å². The van der Waals surface area contributed by atoms with E-state index in [1.807, 2.05) is 0 Å². The third kappa shape index (κ3) is 2.00. The summed E-state index contributed by atoms with van der Waals surface area (Å²) in [5, 5.41) is 17.6. The summed E-state index contributed by atoms with van der Waals surface area (Å²) in [5.41, 5.74) is -1.64. The minimum atomic E-state index is -1.52. The van der Waals surface area contributed by atoms with Crippen molar-refractivity contribution >= 4 is 34.9 Å². The van der Waals surface area contributed by atoms with Gasteiger partial charge in [0, 0.05) is 6.07 Å². The molecule has 8 heteroatoms. The summed E-state index contributed by atoms with van der Waals surface area (Å²) in [6, 6.07) is 0.520. The molecule has 5 nitrogen and oxygen atoms in total. The van der Waals surface area contributed by atoms with E-state index < -0.39 is 38.0 Å². The van der Waals surface area contributed by atoms with Crippen molar-refractivity contribution in [3.05, 3.63) is 37.6 Å². The zero-order valence-corrected chi connectivity index (χ0v) is 8.34. The zero-order valence-electron chi connectivity index (χ0n) is 6.83. The molecule has 0 aromatic heterocycles. The van der Waals surface area contributed by atoms with Gasteiger partial charge in [0.2, 0.25) is 5.82 Å². The van der Waals surface area contributed by atoms with E-state index >= 15 is 0 Å². The standard InChI is InChI=1S/C7H2Cl2FNO4/c8-4-2(7(12)13)1-3(11(14)15)6(10)5(4)9/h1H,(H,12,13). The van der Waals surface area contributed by atoms with Crippen molar-refractivity contribution in [1.82, 2.24) is 0 Å². The van der Waals surface area contributed by atoms with Crippen molar-refractivity contribution in [2.24, 2.45) is 0 Å². The summed E-state index contributed by atoms with van der Waals surface area (Å²) in [6.45, 7) is 0. The Morgan fingerprint density at radius 2 is 2.00 bits per heavy atom. The minimum absolute atomic E-state index is 0.520. The fourth-order valence-corrected chi connectivity index (χ4v) is 1.30. The maximum atomic E-state index is 13.1. The molecule has 1 aromatic rings. The van der Waals surface area contributed by atoms with Crippen LogP contribution < -0.4 is 0 Å². The number of carboxylic acids is 1. The van der Waals surface area contributed by atoms with E-state index in [0.717, 1.165) is 0 Å². The van der Waals surface area contributed by atoms with Crippen LogP contribution in [0.15, 0.2) is 6.07 Å². The summed E-state index contributed by atoms with van der Waals surface area (Å²) in [6.07, 6.45) is 0. The number of hydrogen-bond acceptors (Lipinski definition) is 3. The lowest BCUT2D eigenvalue weighted by Crippen LogP contribution is -2.02.